The lowest BCUT2D eigenvalue weighted by atomic mass is 9.82. The zero-order valence-corrected chi connectivity index (χ0v) is 43.1. The summed E-state index contributed by atoms with van der Waals surface area (Å²) in [5.74, 6) is -6.86. The smallest absolute Gasteiger partial charge is 0.311 e. The van der Waals surface area contributed by atoms with E-state index in [1.807, 2.05) is 54.4 Å². The number of fused-ring (bicyclic) bond motifs is 2. The summed E-state index contributed by atoms with van der Waals surface area (Å²) in [5, 5.41) is 121. The summed E-state index contributed by atoms with van der Waals surface area (Å²) in [4.78, 5) is 27.3. The van der Waals surface area contributed by atoms with Crippen molar-refractivity contribution in [1.82, 2.24) is 4.90 Å². The first-order valence-electron chi connectivity index (χ1n) is 26.0. The molecule has 3 heterocycles. The molecule has 3 aliphatic heterocycles. The highest BCUT2D eigenvalue weighted by atomic mass is 16.7. The van der Waals surface area contributed by atoms with Crippen LogP contribution in [0.5, 0.6) is 0 Å². The van der Waals surface area contributed by atoms with Crippen molar-refractivity contribution in [3.63, 3.8) is 0 Å². The SMILES string of the molecule is CC1OC(=O)CC(O)CC(O)CC(O)CCC(O)C(O)CC2(O)C[C@H](O)C(C(=O)O)C(CC(O[C@@H]3O[C@H](C)C(O)[C@H](N(CCCN)CCCN)[C@@H]3O)/C=C/C=C/C=C/C=C/CC/C=C/C=C/[C@H](C)C(O)[C@H]1C)O2. The lowest BCUT2D eigenvalue weighted by molar-refractivity contribution is -0.313. The highest BCUT2D eigenvalue weighted by Gasteiger charge is 2.52. The van der Waals surface area contributed by atoms with Gasteiger partial charge in [0.2, 0.25) is 0 Å². The van der Waals surface area contributed by atoms with Crippen LogP contribution in [0.3, 0.4) is 0 Å². The van der Waals surface area contributed by atoms with Gasteiger partial charge >= 0.3 is 11.9 Å². The summed E-state index contributed by atoms with van der Waals surface area (Å²) in [5.41, 5.74) is 11.6. The molecule has 2 saturated heterocycles. The van der Waals surface area contributed by atoms with Crippen molar-refractivity contribution in [1.29, 1.82) is 0 Å². The Balaban J connectivity index is 1.92. The molecule has 0 aromatic carbocycles. The molecule has 0 spiro atoms. The minimum Gasteiger partial charge on any atom is -0.481 e. The molecule has 19 atom stereocenters. The number of hydrogen-bond donors (Lipinski definition) is 13. The molecule has 20 heteroatoms. The lowest BCUT2D eigenvalue weighted by Crippen LogP contribution is -2.64. The summed E-state index contributed by atoms with van der Waals surface area (Å²) >= 11 is 0. The van der Waals surface area contributed by atoms with Crippen LogP contribution in [0.1, 0.15) is 105 Å². The average Bonchev–Trinajstić information content (AvgIpc) is 3.31. The normalized spacial score (nSPS) is 41.7. The molecule has 0 aromatic rings. The van der Waals surface area contributed by atoms with E-state index in [1.165, 1.54) is 0 Å². The molecule has 418 valence electrons. The molecule has 15 N–H and O–H groups in total. The monoisotopic (exact) mass is 1040 g/mol. The quantitative estimate of drug-likeness (QED) is 0.136. The van der Waals surface area contributed by atoms with E-state index in [9.17, 15) is 65.8 Å². The van der Waals surface area contributed by atoms with Crippen molar-refractivity contribution >= 4 is 11.9 Å². The van der Waals surface area contributed by atoms with E-state index in [0.717, 1.165) is 12.8 Å². The van der Waals surface area contributed by atoms with E-state index in [4.69, 9.17) is 30.4 Å². The molecular formula is C53H89N3O17. The number of esters is 1. The van der Waals surface area contributed by atoms with E-state index < -0.39 is 141 Å². The highest BCUT2D eigenvalue weighted by Crippen LogP contribution is 2.38. The van der Waals surface area contributed by atoms with Gasteiger partial charge in [0.05, 0.1) is 79.6 Å². The molecule has 12 unspecified atom stereocenters. The van der Waals surface area contributed by atoms with Gasteiger partial charge in [0.15, 0.2) is 12.1 Å². The molecular weight excluding hydrogens is 951 g/mol. The van der Waals surface area contributed by atoms with Crippen LogP contribution in [0.15, 0.2) is 72.9 Å². The Kier molecular flexibility index (Phi) is 29.0. The number of nitrogens with zero attached hydrogens (tertiary/aromatic N) is 1. The third kappa shape index (κ3) is 22.1. The minimum atomic E-state index is -2.37. The number of cyclic esters (lactones) is 1. The Labute approximate surface area is 431 Å². The third-order valence-electron chi connectivity index (χ3n) is 13.9. The van der Waals surface area contributed by atoms with Gasteiger partial charge in [-0.1, -0.05) is 86.8 Å². The van der Waals surface area contributed by atoms with Gasteiger partial charge in [-0.05, 0) is 91.4 Å². The summed E-state index contributed by atoms with van der Waals surface area (Å²) in [6.45, 7) is 8.48. The summed E-state index contributed by atoms with van der Waals surface area (Å²) in [7, 11) is 0. The van der Waals surface area contributed by atoms with Gasteiger partial charge in [0.1, 0.15) is 18.1 Å². The van der Waals surface area contributed by atoms with Crippen LogP contribution < -0.4 is 11.5 Å². The van der Waals surface area contributed by atoms with Crippen LogP contribution >= 0.6 is 0 Å². The Hall–Kier alpha value is -3.26. The Morgan fingerprint density at radius 3 is 1.90 bits per heavy atom. The molecule has 0 aromatic heterocycles. The predicted octanol–water partition coefficient (Wildman–Crippen LogP) is 0.977. The minimum absolute atomic E-state index is 0.143. The fourth-order valence-electron chi connectivity index (χ4n) is 9.49. The molecule has 0 aliphatic carbocycles. The Morgan fingerprint density at radius 1 is 0.699 bits per heavy atom. The second-order valence-electron chi connectivity index (χ2n) is 20.1. The van der Waals surface area contributed by atoms with Crippen LogP contribution in [0.4, 0.5) is 0 Å². The molecule has 73 heavy (non-hydrogen) atoms. The number of aliphatic carboxylic acids is 1. The fourth-order valence-corrected chi connectivity index (χ4v) is 9.49. The van der Waals surface area contributed by atoms with E-state index >= 15 is 0 Å². The second-order valence-corrected chi connectivity index (χ2v) is 20.1. The molecule has 2 bridgehead atoms. The van der Waals surface area contributed by atoms with Crippen molar-refractivity contribution in [2.24, 2.45) is 29.2 Å². The largest absolute Gasteiger partial charge is 0.481 e. The summed E-state index contributed by atoms with van der Waals surface area (Å²) < 4.78 is 23.9. The Morgan fingerprint density at radius 2 is 1.27 bits per heavy atom. The zero-order valence-electron chi connectivity index (χ0n) is 43.1. The number of carbonyl (C=O) groups is 2. The van der Waals surface area contributed by atoms with E-state index in [2.05, 4.69) is 0 Å². The number of aliphatic hydroxyl groups is 10. The standard InChI is InChI=1S/C53H89N3O17/c1-33-19-15-13-11-9-7-5-6-8-10-12-14-16-20-40(72-52-50(66)47(49(65)36(4)71-52)56(25-17-23-54)26-18-24-55)30-44-46(51(67)68)43(62)32-53(69,73-44)31-42(61)41(60)22-21-37(57)27-38(58)28-39(59)29-45(63)70-35(3)34(2)48(33)64/h5-6,8,10-16,19-20,33-44,46-50,52,57-62,64-66,69H,7,9,17-18,21-32,54-55H2,1-4H3,(H,67,68)/b6-5+,10-8+,13-11+,14-12+,19-15+,20-16+/t33-,34-,35?,36+,37?,38?,39?,40?,41?,42?,43-,44?,46?,47-,48?,49?,50-,52-,53?/m0/s1. The number of aliphatic hydroxyl groups excluding tert-OH is 9. The Bertz CT molecular complexity index is 1780. The van der Waals surface area contributed by atoms with E-state index in [-0.39, 0.29) is 38.0 Å². The average molecular weight is 1040 g/mol. The molecule has 3 rings (SSSR count). The second kappa shape index (κ2) is 33.0. The molecule has 0 radical (unpaired) electrons. The number of carbonyl (C=O) groups excluding carboxylic acids is 1. The molecule has 0 amide bonds. The van der Waals surface area contributed by atoms with Crippen molar-refractivity contribution in [3.8, 4) is 0 Å². The number of carboxylic acid groups (broad SMARTS) is 1. The van der Waals surface area contributed by atoms with Crippen LogP contribution in [0.2, 0.25) is 0 Å². The molecule has 20 nitrogen and oxygen atoms in total. The maximum atomic E-state index is 12.7. The summed E-state index contributed by atoms with van der Waals surface area (Å²) in [6.07, 6.45) is 3.64. The van der Waals surface area contributed by atoms with Crippen molar-refractivity contribution in [3.05, 3.63) is 72.9 Å². The van der Waals surface area contributed by atoms with E-state index in [1.54, 1.807) is 51.2 Å². The van der Waals surface area contributed by atoms with E-state index in [0.29, 0.717) is 39.0 Å². The highest BCUT2D eigenvalue weighted by molar-refractivity contribution is 5.71. The zero-order chi connectivity index (χ0) is 54.3. The maximum Gasteiger partial charge on any atom is 0.311 e. The predicted molar refractivity (Wildman–Crippen MR) is 272 cm³/mol. The number of rotatable bonds is 10. The number of allylic oxidation sites excluding steroid dienone is 10. The van der Waals surface area contributed by atoms with Crippen LogP contribution in [-0.2, 0) is 28.5 Å². The van der Waals surface area contributed by atoms with Crippen LogP contribution in [-0.4, -0.2) is 197 Å². The van der Waals surface area contributed by atoms with Crippen LogP contribution in [0, 0.1) is 17.8 Å². The van der Waals surface area contributed by atoms with Crippen molar-refractivity contribution in [2.75, 3.05) is 26.2 Å². The number of ether oxygens (including phenoxy) is 4. The van der Waals surface area contributed by atoms with Gasteiger partial charge in [0, 0.05) is 31.1 Å². The summed E-state index contributed by atoms with van der Waals surface area (Å²) in [6, 6.07) is -0.864. The molecule has 2 fully saturated rings. The van der Waals surface area contributed by atoms with Crippen molar-refractivity contribution < 1.29 is 84.7 Å². The number of carboxylic acids is 1. The lowest BCUT2D eigenvalue weighted by Gasteiger charge is -2.47. The van der Waals surface area contributed by atoms with Gasteiger partial charge in [-0.25, -0.2) is 0 Å². The van der Waals surface area contributed by atoms with Gasteiger partial charge in [-0.3, -0.25) is 14.5 Å². The molecule has 3 aliphatic rings. The third-order valence-corrected chi connectivity index (χ3v) is 13.9. The maximum absolute atomic E-state index is 12.7. The fraction of sp³-hybridized carbons (Fsp3) is 0.736. The van der Waals surface area contributed by atoms with Gasteiger partial charge < -0.3 is 86.6 Å². The van der Waals surface area contributed by atoms with Gasteiger partial charge in [0.25, 0.3) is 0 Å². The first kappa shape index (κ1) is 64.0. The topological polar surface area (TPSA) is 349 Å². The number of hydrogen-bond acceptors (Lipinski definition) is 19. The van der Waals surface area contributed by atoms with Crippen LogP contribution in [0.25, 0.3) is 0 Å². The first-order valence-corrected chi connectivity index (χ1v) is 26.0. The number of nitrogens with two attached hydrogens (primary N) is 2. The van der Waals surface area contributed by atoms with Gasteiger partial charge in [-0.2, -0.15) is 0 Å². The van der Waals surface area contributed by atoms with Gasteiger partial charge in [-0.15, -0.1) is 0 Å². The molecule has 0 saturated carbocycles. The first-order chi connectivity index (χ1) is 34.6. The van der Waals surface area contributed by atoms with Crippen molar-refractivity contribution in [2.45, 2.75) is 202 Å².